The molecule has 0 aliphatic carbocycles. The maximum Gasteiger partial charge on any atom is 0.282 e. The van der Waals surface area contributed by atoms with Crippen LogP contribution in [0, 0.1) is 11.3 Å². The number of quaternary nitrogens is 1. The first-order valence-electron chi connectivity index (χ1n) is 9.89. The Hall–Kier alpha value is -3.40. The highest BCUT2D eigenvalue weighted by molar-refractivity contribution is 7.10. The molecule has 2 atom stereocenters. The fourth-order valence-corrected chi connectivity index (χ4v) is 4.50. The van der Waals surface area contributed by atoms with Gasteiger partial charge in [0.05, 0.1) is 24.1 Å². The van der Waals surface area contributed by atoms with Crippen LogP contribution in [0.4, 0.5) is 5.69 Å². The van der Waals surface area contributed by atoms with Gasteiger partial charge in [0.25, 0.3) is 5.91 Å². The standard InChI is InChI=1S/C24H22N4OS/c1-16(24(29)28-18-7-4-6-17(12-18)13-25)26-15-21(23-10-5-11-30-23)20-14-27-22-9-3-2-8-19(20)22/h2-12,14,16,21,26-27H,15H2,1H3,(H,28,29)/p+1/t16-,21-/m1/s1. The number of carbonyl (C=O) groups excluding carboxylic acids is 1. The van der Waals surface area contributed by atoms with Crippen molar-refractivity contribution in [3.05, 3.63) is 88.2 Å². The maximum atomic E-state index is 12.7. The number of nitrogens with two attached hydrogens (primary N) is 1. The first kappa shape index (κ1) is 19.9. The van der Waals surface area contributed by atoms with Gasteiger partial charge in [-0.2, -0.15) is 5.26 Å². The summed E-state index contributed by atoms with van der Waals surface area (Å²) < 4.78 is 0. The van der Waals surface area contributed by atoms with E-state index < -0.39 is 0 Å². The van der Waals surface area contributed by atoms with Gasteiger partial charge in [-0.05, 0) is 48.2 Å². The van der Waals surface area contributed by atoms with Crippen LogP contribution in [-0.4, -0.2) is 23.5 Å². The van der Waals surface area contributed by atoms with Gasteiger partial charge < -0.3 is 15.6 Å². The molecule has 6 heteroatoms. The second kappa shape index (κ2) is 8.95. The van der Waals surface area contributed by atoms with Crippen LogP contribution in [0.1, 0.15) is 28.8 Å². The summed E-state index contributed by atoms with van der Waals surface area (Å²) in [5.41, 5.74) is 3.54. The summed E-state index contributed by atoms with van der Waals surface area (Å²) in [4.78, 5) is 17.3. The lowest BCUT2D eigenvalue weighted by atomic mass is 9.96. The van der Waals surface area contributed by atoms with Crippen LogP contribution in [0.2, 0.25) is 0 Å². The van der Waals surface area contributed by atoms with E-state index in [4.69, 9.17) is 5.26 Å². The SMILES string of the molecule is C[C@@H]([NH2+]C[C@@H](c1cccs1)c1c[nH]c2ccccc12)C(=O)Nc1cccc(C#N)c1. The number of benzene rings is 2. The molecule has 0 fully saturated rings. The molecule has 5 nitrogen and oxygen atoms in total. The molecule has 30 heavy (non-hydrogen) atoms. The minimum atomic E-state index is -0.261. The molecule has 0 aliphatic rings. The average Bonchev–Trinajstić information content (AvgIpc) is 3.45. The molecule has 0 aliphatic heterocycles. The number of amides is 1. The number of fused-ring (bicyclic) bond motifs is 1. The Kier molecular flexibility index (Phi) is 5.94. The highest BCUT2D eigenvalue weighted by Gasteiger charge is 2.24. The van der Waals surface area contributed by atoms with Crippen molar-refractivity contribution in [3.63, 3.8) is 0 Å². The smallest absolute Gasteiger partial charge is 0.282 e. The van der Waals surface area contributed by atoms with Crippen molar-refractivity contribution in [3.8, 4) is 6.07 Å². The molecule has 0 spiro atoms. The molecule has 150 valence electrons. The van der Waals surface area contributed by atoms with E-state index in [1.54, 1.807) is 35.6 Å². The first-order chi connectivity index (χ1) is 14.7. The third-order valence-corrected chi connectivity index (χ3v) is 6.27. The van der Waals surface area contributed by atoms with Crippen LogP contribution in [-0.2, 0) is 4.79 Å². The zero-order valence-electron chi connectivity index (χ0n) is 16.6. The minimum absolute atomic E-state index is 0.0750. The van der Waals surface area contributed by atoms with Gasteiger partial charge in [0.2, 0.25) is 0 Å². The highest BCUT2D eigenvalue weighted by Crippen LogP contribution is 2.32. The lowest BCUT2D eigenvalue weighted by molar-refractivity contribution is -0.674. The summed E-state index contributed by atoms with van der Waals surface area (Å²) in [6, 6.07) is 21.3. The third kappa shape index (κ3) is 4.28. The third-order valence-electron chi connectivity index (χ3n) is 5.28. The predicted molar refractivity (Wildman–Crippen MR) is 121 cm³/mol. The van der Waals surface area contributed by atoms with Gasteiger partial charge in [-0.1, -0.05) is 30.3 Å². The second-order valence-electron chi connectivity index (χ2n) is 7.30. The van der Waals surface area contributed by atoms with E-state index in [0.717, 1.165) is 12.1 Å². The number of hydrogen-bond donors (Lipinski definition) is 3. The molecule has 0 saturated heterocycles. The molecule has 2 heterocycles. The van der Waals surface area contributed by atoms with E-state index in [9.17, 15) is 4.79 Å². The molecule has 4 rings (SSSR count). The molecular formula is C24H23N4OS+. The number of rotatable bonds is 7. The number of nitrogens with one attached hydrogen (secondary N) is 2. The van der Waals surface area contributed by atoms with Crippen molar-refractivity contribution >= 4 is 33.8 Å². The van der Waals surface area contributed by atoms with Crippen LogP contribution in [0.3, 0.4) is 0 Å². The summed E-state index contributed by atoms with van der Waals surface area (Å²) in [6.07, 6.45) is 2.08. The number of aromatic nitrogens is 1. The number of thiophene rings is 1. The Morgan fingerprint density at radius 3 is 2.87 bits per heavy atom. The predicted octanol–water partition coefficient (Wildman–Crippen LogP) is 3.82. The Morgan fingerprint density at radius 1 is 1.20 bits per heavy atom. The summed E-state index contributed by atoms with van der Waals surface area (Å²) in [5.74, 6) is 0.118. The highest BCUT2D eigenvalue weighted by atomic mass is 32.1. The Morgan fingerprint density at radius 2 is 2.07 bits per heavy atom. The molecule has 2 aromatic heterocycles. The molecule has 0 unspecified atom stereocenters. The first-order valence-corrected chi connectivity index (χ1v) is 10.8. The molecule has 4 aromatic rings. The topological polar surface area (TPSA) is 85.3 Å². The number of nitrogens with zero attached hydrogens (tertiary/aromatic N) is 1. The van der Waals surface area contributed by atoms with Gasteiger partial charge in [-0.15, -0.1) is 11.3 Å². The van der Waals surface area contributed by atoms with E-state index in [-0.39, 0.29) is 17.9 Å². The number of anilines is 1. The summed E-state index contributed by atoms with van der Waals surface area (Å²) in [7, 11) is 0. The van der Waals surface area contributed by atoms with Gasteiger partial charge in [-0.25, -0.2) is 0 Å². The lowest BCUT2D eigenvalue weighted by Gasteiger charge is -2.17. The molecule has 2 aromatic carbocycles. The van der Waals surface area contributed by atoms with E-state index in [0.29, 0.717) is 11.3 Å². The molecule has 1 amide bonds. The van der Waals surface area contributed by atoms with E-state index in [1.807, 2.05) is 13.0 Å². The summed E-state index contributed by atoms with van der Waals surface area (Å²) >= 11 is 1.74. The number of hydrogen-bond acceptors (Lipinski definition) is 3. The van der Waals surface area contributed by atoms with E-state index in [1.165, 1.54) is 15.8 Å². The molecule has 4 N–H and O–H groups in total. The van der Waals surface area contributed by atoms with E-state index >= 15 is 0 Å². The van der Waals surface area contributed by atoms with E-state index in [2.05, 4.69) is 63.6 Å². The Balaban J connectivity index is 1.49. The van der Waals surface area contributed by atoms with Gasteiger partial charge in [0, 0.05) is 27.7 Å². The summed E-state index contributed by atoms with van der Waals surface area (Å²) in [6.45, 7) is 2.67. The van der Waals surface area contributed by atoms with Crippen molar-refractivity contribution in [2.45, 2.75) is 18.9 Å². The van der Waals surface area contributed by atoms with Crippen LogP contribution >= 0.6 is 11.3 Å². The van der Waals surface area contributed by atoms with Gasteiger partial charge in [-0.3, -0.25) is 4.79 Å². The fourth-order valence-electron chi connectivity index (χ4n) is 3.64. The minimum Gasteiger partial charge on any atom is -0.361 e. The molecular weight excluding hydrogens is 392 g/mol. The largest absolute Gasteiger partial charge is 0.361 e. The quantitative estimate of drug-likeness (QED) is 0.429. The van der Waals surface area contributed by atoms with Crippen molar-refractivity contribution in [1.29, 1.82) is 5.26 Å². The number of aromatic amines is 1. The van der Waals surface area contributed by atoms with Gasteiger partial charge in [0.15, 0.2) is 6.04 Å². The monoisotopic (exact) mass is 415 g/mol. The van der Waals surface area contributed by atoms with Crippen LogP contribution in [0.25, 0.3) is 10.9 Å². The lowest BCUT2D eigenvalue weighted by Crippen LogP contribution is -2.92. The molecule has 0 saturated carbocycles. The number of H-pyrrole nitrogens is 1. The Labute approximate surface area is 179 Å². The zero-order chi connectivity index (χ0) is 20.9. The second-order valence-corrected chi connectivity index (χ2v) is 8.28. The van der Waals surface area contributed by atoms with Crippen molar-refractivity contribution in [2.75, 3.05) is 11.9 Å². The van der Waals surface area contributed by atoms with Crippen LogP contribution < -0.4 is 10.6 Å². The molecule has 0 bridgehead atoms. The fraction of sp³-hybridized carbons (Fsp3) is 0.167. The normalized spacial score (nSPS) is 12.9. The van der Waals surface area contributed by atoms with Crippen molar-refractivity contribution in [2.24, 2.45) is 0 Å². The average molecular weight is 416 g/mol. The number of carbonyl (C=O) groups is 1. The van der Waals surface area contributed by atoms with Gasteiger partial charge >= 0.3 is 0 Å². The zero-order valence-corrected chi connectivity index (χ0v) is 17.4. The van der Waals surface area contributed by atoms with Crippen LogP contribution in [0.5, 0.6) is 0 Å². The molecule has 0 radical (unpaired) electrons. The van der Waals surface area contributed by atoms with Crippen molar-refractivity contribution in [1.82, 2.24) is 4.98 Å². The number of nitriles is 1. The Bertz CT molecular complexity index is 1190. The van der Waals surface area contributed by atoms with Gasteiger partial charge in [0.1, 0.15) is 0 Å². The van der Waals surface area contributed by atoms with Crippen LogP contribution in [0.15, 0.2) is 72.2 Å². The summed E-state index contributed by atoms with van der Waals surface area (Å²) in [5, 5.41) is 17.3. The number of para-hydroxylation sites is 1. The van der Waals surface area contributed by atoms with Crippen molar-refractivity contribution < 1.29 is 10.1 Å². The maximum absolute atomic E-state index is 12.7.